The highest BCUT2D eigenvalue weighted by molar-refractivity contribution is 5.19. The van der Waals surface area contributed by atoms with E-state index in [0.29, 0.717) is 12.5 Å². The van der Waals surface area contributed by atoms with E-state index in [2.05, 4.69) is 10.2 Å². The van der Waals surface area contributed by atoms with E-state index in [1.807, 2.05) is 19.2 Å². The smallest absolute Gasteiger partial charge is 0.126 e. The highest BCUT2D eigenvalue weighted by Crippen LogP contribution is 2.24. The molecule has 4 heteroatoms. The molecule has 2 aliphatic heterocycles. The van der Waals surface area contributed by atoms with Crippen LogP contribution in [0.5, 0.6) is 0 Å². The second-order valence-corrected chi connectivity index (χ2v) is 5.85. The number of rotatable bonds is 4. The third-order valence-corrected chi connectivity index (χ3v) is 4.63. The van der Waals surface area contributed by atoms with Gasteiger partial charge < -0.3 is 10.1 Å². The third-order valence-electron chi connectivity index (χ3n) is 4.63. The lowest BCUT2D eigenvalue weighted by Gasteiger charge is -2.38. The molecule has 2 heterocycles. The Morgan fingerprint density at radius 3 is 3.10 bits per heavy atom. The number of halogens is 1. The maximum absolute atomic E-state index is 13.8. The lowest BCUT2D eigenvalue weighted by atomic mass is 9.99. The van der Waals surface area contributed by atoms with Crippen molar-refractivity contribution in [2.75, 3.05) is 26.7 Å². The summed E-state index contributed by atoms with van der Waals surface area (Å²) in [5.74, 6) is -0.123. The normalized spacial score (nSPS) is 28.3. The highest BCUT2D eigenvalue weighted by Gasteiger charge is 2.35. The Kier molecular flexibility index (Phi) is 4.34. The first-order valence-corrected chi connectivity index (χ1v) is 7.54. The van der Waals surface area contributed by atoms with Crippen molar-refractivity contribution < 1.29 is 9.13 Å². The number of hydrogen-bond donors (Lipinski definition) is 1. The number of hydrogen-bond acceptors (Lipinski definition) is 3. The standard InChI is InChI=1S/C16H23FN2O/c1-18-15(9-12-5-2-3-7-14(12)17)16-10-19-8-4-6-13(19)11-20-16/h2-3,5,7,13,15-16,18H,4,6,8-11H2,1H3. The number of benzene rings is 1. The van der Waals surface area contributed by atoms with Crippen LogP contribution in [-0.4, -0.2) is 49.8 Å². The van der Waals surface area contributed by atoms with E-state index < -0.39 is 0 Å². The summed E-state index contributed by atoms with van der Waals surface area (Å²) < 4.78 is 19.8. The zero-order valence-corrected chi connectivity index (χ0v) is 12.0. The quantitative estimate of drug-likeness (QED) is 0.909. The molecule has 110 valence electrons. The number of fused-ring (bicyclic) bond motifs is 1. The molecule has 20 heavy (non-hydrogen) atoms. The maximum Gasteiger partial charge on any atom is 0.126 e. The molecule has 0 aliphatic carbocycles. The number of likely N-dealkylation sites (N-methyl/N-ethyl adjacent to an activating group) is 1. The number of ether oxygens (including phenoxy) is 1. The van der Waals surface area contributed by atoms with Crippen molar-refractivity contribution in [3.8, 4) is 0 Å². The summed E-state index contributed by atoms with van der Waals surface area (Å²) in [6.45, 7) is 2.96. The van der Waals surface area contributed by atoms with Gasteiger partial charge in [0.25, 0.3) is 0 Å². The summed E-state index contributed by atoms with van der Waals surface area (Å²) >= 11 is 0. The summed E-state index contributed by atoms with van der Waals surface area (Å²) in [5, 5.41) is 3.31. The fourth-order valence-electron chi connectivity index (χ4n) is 3.41. The van der Waals surface area contributed by atoms with Gasteiger partial charge in [0.1, 0.15) is 5.82 Å². The molecule has 1 aromatic rings. The first-order chi connectivity index (χ1) is 9.78. The van der Waals surface area contributed by atoms with Crippen LogP contribution in [0.1, 0.15) is 18.4 Å². The van der Waals surface area contributed by atoms with Gasteiger partial charge in [-0.25, -0.2) is 4.39 Å². The third kappa shape index (κ3) is 2.87. The Balaban J connectivity index is 1.66. The maximum atomic E-state index is 13.8. The molecule has 3 unspecified atom stereocenters. The van der Waals surface area contributed by atoms with Gasteiger partial charge in [0.15, 0.2) is 0 Å². The zero-order valence-electron chi connectivity index (χ0n) is 12.0. The molecule has 3 atom stereocenters. The molecule has 1 N–H and O–H groups in total. The molecule has 0 bridgehead atoms. The molecular formula is C16H23FN2O. The molecule has 2 saturated heterocycles. The fraction of sp³-hybridized carbons (Fsp3) is 0.625. The summed E-state index contributed by atoms with van der Waals surface area (Å²) in [6.07, 6.45) is 3.35. The van der Waals surface area contributed by atoms with E-state index in [4.69, 9.17) is 4.74 Å². The molecule has 0 aromatic heterocycles. The lowest BCUT2D eigenvalue weighted by molar-refractivity contribution is -0.0634. The lowest BCUT2D eigenvalue weighted by Crippen LogP contribution is -2.54. The number of morpholine rings is 1. The van der Waals surface area contributed by atoms with Crippen LogP contribution < -0.4 is 5.32 Å². The second-order valence-electron chi connectivity index (χ2n) is 5.85. The topological polar surface area (TPSA) is 24.5 Å². The average molecular weight is 278 g/mol. The molecule has 0 radical (unpaired) electrons. The summed E-state index contributed by atoms with van der Waals surface area (Å²) in [6, 6.07) is 7.79. The minimum absolute atomic E-state index is 0.123. The van der Waals surface area contributed by atoms with Gasteiger partial charge in [-0.3, -0.25) is 4.90 Å². The van der Waals surface area contributed by atoms with Crippen LogP contribution in [0.4, 0.5) is 4.39 Å². The predicted octanol–water partition coefficient (Wildman–Crippen LogP) is 1.82. The molecule has 1 aromatic carbocycles. The fourth-order valence-corrected chi connectivity index (χ4v) is 3.41. The van der Waals surface area contributed by atoms with Crippen LogP contribution in [0.25, 0.3) is 0 Å². The van der Waals surface area contributed by atoms with E-state index in [9.17, 15) is 4.39 Å². The van der Waals surface area contributed by atoms with Crippen molar-refractivity contribution in [3.63, 3.8) is 0 Å². The molecule has 0 spiro atoms. The van der Waals surface area contributed by atoms with Crippen LogP contribution >= 0.6 is 0 Å². The van der Waals surface area contributed by atoms with Crippen molar-refractivity contribution in [2.24, 2.45) is 0 Å². The first-order valence-electron chi connectivity index (χ1n) is 7.54. The number of nitrogens with zero attached hydrogens (tertiary/aromatic N) is 1. The van der Waals surface area contributed by atoms with E-state index >= 15 is 0 Å². The van der Waals surface area contributed by atoms with Gasteiger partial charge in [-0.2, -0.15) is 0 Å². The van der Waals surface area contributed by atoms with Crippen molar-refractivity contribution >= 4 is 0 Å². The van der Waals surface area contributed by atoms with E-state index in [-0.39, 0.29) is 18.0 Å². The largest absolute Gasteiger partial charge is 0.374 e. The molecule has 0 amide bonds. The molecule has 3 rings (SSSR count). The van der Waals surface area contributed by atoms with Gasteiger partial charge in [-0.15, -0.1) is 0 Å². The molecule has 2 fully saturated rings. The summed E-state index contributed by atoms with van der Waals surface area (Å²) in [7, 11) is 1.94. The Hall–Kier alpha value is -0.970. The van der Waals surface area contributed by atoms with Crippen LogP contribution in [0, 0.1) is 5.82 Å². The van der Waals surface area contributed by atoms with Gasteiger partial charge in [-0.05, 0) is 44.5 Å². The monoisotopic (exact) mass is 278 g/mol. The van der Waals surface area contributed by atoms with Gasteiger partial charge in [-0.1, -0.05) is 18.2 Å². The predicted molar refractivity (Wildman–Crippen MR) is 77.3 cm³/mol. The van der Waals surface area contributed by atoms with Gasteiger partial charge >= 0.3 is 0 Å². The second kappa shape index (κ2) is 6.20. The van der Waals surface area contributed by atoms with Crippen molar-refractivity contribution in [2.45, 2.75) is 37.5 Å². The molecular weight excluding hydrogens is 255 g/mol. The van der Waals surface area contributed by atoms with Gasteiger partial charge in [0.05, 0.1) is 12.7 Å². The van der Waals surface area contributed by atoms with Crippen LogP contribution in [0.2, 0.25) is 0 Å². The molecule has 2 aliphatic rings. The average Bonchev–Trinajstić information content (AvgIpc) is 2.94. The Labute approximate surface area is 120 Å². The van der Waals surface area contributed by atoms with E-state index in [0.717, 1.165) is 18.7 Å². The minimum Gasteiger partial charge on any atom is -0.374 e. The Morgan fingerprint density at radius 2 is 2.30 bits per heavy atom. The SMILES string of the molecule is CNC(Cc1ccccc1F)C1CN2CCCC2CO1. The first kappa shape index (κ1) is 14.0. The van der Waals surface area contributed by atoms with Crippen LogP contribution in [-0.2, 0) is 11.2 Å². The zero-order chi connectivity index (χ0) is 13.9. The van der Waals surface area contributed by atoms with Gasteiger partial charge in [0, 0.05) is 18.6 Å². The van der Waals surface area contributed by atoms with E-state index in [1.54, 1.807) is 6.07 Å². The van der Waals surface area contributed by atoms with Crippen LogP contribution in [0.15, 0.2) is 24.3 Å². The van der Waals surface area contributed by atoms with E-state index in [1.165, 1.54) is 25.5 Å². The molecule has 3 nitrogen and oxygen atoms in total. The summed E-state index contributed by atoms with van der Waals surface area (Å²) in [5.41, 5.74) is 0.763. The minimum atomic E-state index is -0.123. The van der Waals surface area contributed by atoms with Crippen LogP contribution in [0.3, 0.4) is 0 Å². The Morgan fingerprint density at radius 1 is 1.45 bits per heavy atom. The van der Waals surface area contributed by atoms with Crippen molar-refractivity contribution in [1.29, 1.82) is 0 Å². The van der Waals surface area contributed by atoms with Crippen molar-refractivity contribution in [3.05, 3.63) is 35.6 Å². The molecule has 0 saturated carbocycles. The van der Waals surface area contributed by atoms with Gasteiger partial charge in [0.2, 0.25) is 0 Å². The number of nitrogens with one attached hydrogen (secondary N) is 1. The Bertz CT molecular complexity index is 454. The van der Waals surface area contributed by atoms with Crippen molar-refractivity contribution in [1.82, 2.24) is 10.2 Å². The highest BCUT2D eigenvalue weighted by atomic mass is 19.1. The summed E-state index contributed by atoms with van der Waals surface area (Å²) in [4.78, 5) is 2.53.